The molecular formula is C21H33N5O3S. The van der Waals surface area contributed by atoms with Crippen LogP contribution in [0.1, 0.15) is 50.0 Å². The largest absolute Gasteiger partial charge is 0.370 e. The summed E-state index contributed by atoms with van der Waals surface area (Å²) in [5.41, 5.74) is 11.8. The van der Waals surface area contributed by atoms with Crippen LogP contribution in [0.4, 0.5) is 0 Å². The van der Waals surface area contributed by atoms with Crippen molar-refractivity contribution in [2.45, 2.75) is 49.3 Å². The minimum atomic E-state index is -3.39. The van der Waals surface area contributed by atoms with Crippen LogP contribution in [0.2, 0.25) is 0 Å². The summed E-state index contributed by atoms with van der Waals surface area (Å²) in [6, 6.07) is 7.47. The van der Waals surface area contributed by atoms with Crippen molar-refractivity contribution in [2.75, 3.05) is 38.6 Å². The van der Waals surface area contributed by atoms with Gasteiger partial charge in [-0.2, -0.15) is 0 Å². The SMILES string of the molecule is NC(N)=NCCC(=O)N1CCN(CS(=O)(=O)c2ccc(C3CCCCC3)cc2)CC1. The fourth-order valence-corrected chi connectivity index (χ4v) is 5.70. The van der Waals surface area contributed by atoms with Gasteiger partial charge in [0, 0.05) is 32.6 Å². The van der Waals surface area contributed by atoms with Crippen molar-refractivity contribution in [2.24, 2.45) is 16.5 Å². The molecule has 0 aromatic heterocycles. The van der Waals surface area contributed by atoms with Crippen molar-refractivity contribution in [3.8, 4) is 0 Å². The van der Waals surface area contributed by atoms with Crippen molar-refractivity contribution in [1.29, 1.82) is 0 Å². The molecule has 1 aliphatic heterocycles. The first-order valence-corrected chi connectivity index (χ1v) is 12.4. The topological polar surface area (TPSA) is 122 Å². The van der Waals surface area contributed by atoms with E-state index in [0.29, 0.717) is 37.0 Å². The van der Waals surface area contributed by atoms with Gasteiger partial charge in [-0.15, -0.1) is 0 Å². The van der Waals surface area contributed by atoms with E-state index >= 15 is 0 Å². The van der Waals surface area contributed by atoms with E-state index in [0.717, 1.165) is 0 Å². The highest BCUT2D eigenvalue weighted by atomic mass is 32.2. The van der Waals surface area contributed by atoms with Gasteiger partial charge in [0.25, 0.3) is 0 Å². The quantitative estimate of drug-likeness (QED) is 0.491. The Bertz CT molecular complexity index is 836. The van der Waals surface area contributed by atoms with Crippen LogP contribution in [0.25, 0.3) is 0 Å². The van der Waals surface area contributed by atoms with Gasteiger partial charge in [-0.3, -0.25) is 14.7 Å². The second-order valence-electron chi connectivity index (χ2n) is 8.20. The highest BCUT2D eigenvalue weighted by Crippen LogP contribution is 2.33. The van der Waals surface area contributed by atoms with E-state index in [4.69, 9.17) is 11.5 Å². The minimum absolute atomic E-state index is 0.0131. The van der Waals surface area contributed by atoms with Gasteiger partial charge < -0.3 is 16.4 Å². The van der Waals surface area contributed by atoms with E-state index in [1.165, 1.54) is 37.7 Å². The highest BCUT2D eigenvalue weighted by molar-refractivity contribution is 7.91. The maximum Gasteiger partial charge on any atom is 0.224 e. The molecular weight excluding hydrogens is 402 g/mol. The maximum atomic E-state index is 12.8. The highest BCUT2D eigenvalue weighted by Gasteiger charge is 2.25. The molecule has 1 aromatic carbocycles. The molecule has 4 N–H and O–H groups in total. The Morgan fingerprint density at radius 2 is 1.63 bits per heavy atom. The smallest absolute Gasteiger partial charge is 0.224 e. The number of hydrogen-bond acceptors (Lipinski definition) is 5. The molecule has 0 spiro atoms. The number of nitrogens with zero attached hydrogens (tertiary/aromatic N) is 3. The molecule has 1 heterocycles. The summed E-state index contributed by atoms with van der Waals surface area (Å²) in [6.45, 7) is 2.36. The zero-order valence-electron chi connectivity index (χ0n) is 17.5. The Morgan fingerprint density at radius 1 is 1.00 bits per heavy atom. The molecule has 9 heteroatoms. The average Bonchev–Trinajstić information content (AvgIpc) is 2.74. The molecule has 1 aromatic rings. The summed E-state index contributed by atoms with van der Waals surface area (Å²) in [5.74, 6) is 0.504. The number of sulfone groups is 1. The summed E-state index contributed by atoms with van der Waals surface area (Å²) in [4.78, 5) is 20.0. The summed E-state index contributed by atoms with van der Waals surface area (Å²) in [6.07, 6.45) is 6.46. The lowest BCUT2D eigenvalue weighted by Gasteiger charge is -2.34. The summed E-state index contributed by atoms with van der Waals surface area (Å²) < 4.78 is 25.7. The summed E-state index contributed by atoms with van der Waals surface area (Å²) in [7, 11) is -3.39. The molecule has 30 heavy (non-hydrogen) atoms. The van der Waals surface area contributed by atoms with E-state index < -0.39 is 9.84 Å². The van der Waals surface area contributed by atoms with Crippen LogP contribution in [0.5, 0.6) is 0 Å². The first kappa shape index (κ1) is 22.6. The zero-order valence-corrected chi connectivity index (χ0v) is 18.3. The number of rotatable bonds is 7. The van der Waals surface area contributed by atoms with Gasteiger partial charge in [0.1, 0.15) is 5.88 Å². The Morgan fingerprint density at radius 3 is 2.23 bits per heavy atom. The van der Waals surface area contributed by atoms with E-state index in [-0.39, 0.29) is 30.7 Å². The molecule has 0 unspecified atom stereocenters. The predicted octanol–water partition coefficient (Wildman–Crippen LogP) is 1.27. The van der Waals surface area contributed by atoms with Crippen molar-refractivity contribution in [3.05, 3.63) is 29.8 Å². The normalized spacial score (nSPS) is 18.9. The second-order valence-corrected chi connectivity index (χ2v) is 10.2. The molecule has 166 valence electrons. The van der Waals surface area contributed by atoms with Crippen molar-refractivity contribution in [3.63, 3.8) is 0 Å². The molecule has 8 nitrogen and oxygen atoms in total. The number of nitrogens with two attached hydrogens (primary N) is 2. The second kappa shape index (κ2) is 10.3. The molecule has 1 aliphatic carbocycles. The molecule has 1 saturated carbocycles. The van der Waals surface area contributed by atoms with Crippen LogP contribution >= 0.6 is 0 Å². The molecule has 0 bridgehead atoms. The third-order valence-corrected chi connectivity index (χ3v) is 7.71. The fraction of sp³-hybridized carbons (Fsp3) is 0.619. The van der Waals surface area contributed by atoms with E-state index in [2.05, 4.69) is 4.99 Å². The van der Waals surface area contributed by atoms with Gasteiger partial charge in [-0.1, -0.05) is 31.4 Å². The predicted molar refractivity (Wildman–Crippen MR) is 118 cm³/mol. The van der Waals surface area contributed by atoms with Crippen LogP contribution in [0.15, 0.2) is 34.2 Å². The number of hydrogen-bond donors (Lipinski definition) is 2. The maximum absolute atomic E-state index is 12.8. The number of benzene rings is 1. The number of amides is 1. The Balaban J connectivity index is 1.50. The van der Waals surface area contributed by atoms with E-state index in [9.17, 15) is 13.2 Å². The molecule has 2 aliphatic rings. The number of aliphatic imine (C=N–C) groups is 1. The minimum Gasteiger partial charge on any atom is -0.370 e. The van der Waals surface area contributed by atoms with Gasteiger partial charge in [0.05, 0.1) is 11.4 Å². The van der Waals surface area contributed by atoms with Crippen LogP contribution in [0, 0.1) is 0 Å². The molecule has 3 rings (SSSR count). The first-order chi connectivity index (χ1) is 14.3. The number of carbonyl (C=O) groups excluding carboxylic acids is 1. The van der Waals surface area contributed by atoms with Gasteiger partial charge >= 0.3 is 0 Å². The van der Waals surface area contributed by atoms with Crippen LogP contribution < -0.4 is 11.5 Å². The van der Waals surface area contributed by atoms with Gasteiger partial charge in [0.15, 0.2) is 15.8 Å². The van der Waals surface area contributed by atoms with E-state index in [1.54, 1.807) is 17.0 Å². The van der Waals surface area contributed by atoms with Gasteiger partial charge in [-0.05, 0) is 36.5 Å². The van der Waals surface area contributed by atoms with Crippen LogP contribution in [-0.4, -0.2) is 68.7 Å². The molecule has 2 fully saturated rings. The molecule has 1 saturated heterocycles. The zero-order chi connectivity index (χ0) is 21.6. The Hall–Kier alpha value is -2.13. The van der Waals surface area contributed by atoms with Gasteiger partial charge in [-0.25, -0.2) is 8.42 Å². The number of piperazine rings is 1. The summed E-state index contributed by atoms with van der Waals surface area (Å²) >= 11 is 0. The van der Waals surface area contributed by atoms with Crippen LogP contribution in [-0.2, 0) is 14.6 Å². The van der Waals surface area contributed by atoms with E-state index in [1.807, 2.05) is 17.0 Å². The lowest BCUT2D eigenvalue weighted by Crippen LogP contribution is -2.50. The monoisotopic (exact) mass is 435 g/mol. The van der Waals surface area contributed by atoms with Crippen molar-refractivity contribution in [1.82, 2.24) is 9.80 Å². The summed E-state index contributed by atoms with van der Waals surface area (Å²) in [5, 5.41) is 0. The average molecular weight is 436 g/mol. The third kappa shape index (κ3) is 6.18. The van der Waals surface area contributed by atoms with Gasteiger partial charge in [0.2, 0.25) is 5.91 Å². The first-order valence-electron chi connectivity index (χ1n) is 10.7. The lowest BCUT2D eigenvalue weighted by molar-refractivity contribution is -0.132. The number of carbonyl (C=O) groups is 1. The Kier molecular flexibility index (Phi) is 7.71. The molecule has 0 atom stereocenters. The fourth-order valence-electron chi connectivity index (χ4n) is 4.26. The van der Waals surface area contributed by atoms with Crippen molar-refractivity contribution < 1.29 is 13.2 Å². The van der Waals surface area contributed by atoms with Crippen molar-refractivity contribution >= 4 is 21.7 Å². The standard InChI is InChI=1S/C21H33N5O3S/c22-21(23)24-11-10-20(27)26-14-12-25(13-15-26)16-30(28,29)19-8-6-18(7-9-19)17-4-2-1-3-5-17/h6-9,17H,1-5,10-16H2,(H4,22,23,24). The number of guanidine groups is 1. The Labute approximate surface area is 179 Å². The molecule has 0 radical (unpaired) electrons. The lowest BCUT2D eigenvalue weighted by atomic mass is 9.84. The molecule has 1 amide bonds. The van der Waals surface area contributed by atoms with Crippen LogP contribution in [0.3, 0.4) is 0 Å². The third-order valence-electron chi connectivity index (χ3n) is 6.01.